The van der Waals surface area contributed by atoms with Crippen molar-refractivity contribution in [1.29, 1.82) is 0 Å². The Morgan fingerprint density at radius 1 is 1.30 bits per heavy atom. The van der Waals surface area contributed by atoms with E-state index in [1.807, 2.05) is 6.92 Å². The Labute approximate surface area is 117 Å². The number of anilines is 2. The number of nitrogens with zero attached hydrogens (tertiary/aromatic N) is 3. The number of aryl methyl sites for hydroxylation is 1. The van der Waals surface area contributed by atoms with Gasteiger partial charge in [-0.15, -0.1) is 10.2 Å². The first-order chi connectivity index (χ1) is 9.58. The summed E-state index contributed by atoms with van der Waals surface area (Å²) in [6, 6.07) is 2.26. The second-order valence-corrected chi connectivity index (χ2v) is 4.73. The molecule has 8 nitrogen and oxygen atoms in total. The minimum absolute atomic E-state index is 0.0901. The fraction of sp³-hybridized carbons (Fsp3) is 0.182. The Morgan fingerprint density at radius 3 is 2.65 bits per heavy atom. The molecule has 0 saturated carbocycles. The van der Waals surface area contributed by atoms with Gasteiger partial charge in [0.15, 0.2) is 0 Å². The summed E-state index contributed by atoms with van der Waals surface area (Å²) in [4.78, 5) is 26.0. The number of aromatic carboxylic acids is 1. The molecule has 2 amide bonds. The van der Waals surface area contributed by atoms with E-state index in [0.29, 0.717) is 10.8 Å². The highest BCUT2D eigenvalue weighted by Crippen LogP contribution is 2.15. The lowest BCUT2D eigenvalue weighted by atomic mass is 10.3. The van der Waals surface area contributed by atoms with Gasteiger partial charge in [0.25, 0.3) is 0 Å². The first-order valence-corrected chi connectivity index (χ1v) is 6.50. The van der Waals surface area contributed by atoms with E-state index in [-0.39, 0.29) is 5.69 Å². The largest absolute Gasteiger partial charge is 0.477 e. The molecule has 0 radical (unpaired) electrons. The molecule has 2 heterocycles. The number of carboxylic acid groups (broad SMARTS) is 1. The average molecular weight is 293 g/mol. The first-order valence-electron chi connectivity index (χ1n) is 5.68. The molecule has 0 aliphatic rings. The van der Waals surface area contributed by atoms with Crippen molar-refractivity contribution in [3.63, 3.8) is 0 Å². The fourth-order valence-corrected chi connectivity index (χ4v) is 1.98. The summed E-state index contributed by atoms with van der Waals surface area (Å²) in [6.07, 6.45) is 2.02. The monoisotopic (exact) mass is 293 g/mol. The number of hydrogen-bond donors (Lipinski definition) is 3. The van der Waals surface area contributed by atoms with Gasteiger partial charge < -0.3 is 10.4 Å². The molecular formula is C11H11N5O3S. The first kappa shape index (κ1) is 13.9. The molecule has 0 unspecified atom stereocenters. The lowest BCUT2D eigenvalue weighted by Gasteiger charge is -2.04. The quantitative estimate of drug-likeness (QED) is 0.791. The van der Waals surface area contributed by atoms with Crippen LogP contribution in [0.5, 0.6) is 0 Å². The normalized spacial score (nSPS) is 10.1. The van der Waals surface area contributed by atoms with Crippen LogP contribution in [0.25, 0.3) is 0 Å². The number of carbonyl (C=O) groups excluding carboxylic acids is 1. The number of pyridine rings is 1. The molecule has 2 rings (SSSR count). The van der Waals surface area contributed by atoms with E-state index in [1.54, 1.807) is 0 Å². The molecule has 0 aliphatic heterocycles. The third-order valence-corrected chi connectivity index (χ3v) is 3.21. The third-order valence-electron chi connectivity index (χ3n) is 2.23. The van der Waals surface area contributed by atoms with Gasteiger partial charge in [0, 0.05) is 0 Å². The molecule has 104 valence electrons. The van der Waals surface area contributed by atoms with E-state index in [9.17, 15) is 9.59 Å². The minimum Gasteiger partial charge on any atom is -0.477 e. The number of carbonyl (C=O) groups is 2. The molecule has 0 aliphatic carbocycles. The summed E-state index contributed by atoms with van der Waals surface area (Å²) in [6.45, 7) is 1.94. The van der Waals surface area contributed by atoms with Crippen LogP contribution >= 0.6 is 11.3 Å². The van der Waals surface area contributed by atoms with Crippen LogP contribution in [0.15, 0.2) is 18.3 Å². The maximum absolute atomic E-state index is 11.7. The van der Waals surface area contributed by atoms with Gasteiger partial charge in [0.05, 0.1) is 11.9 Å². The van der Waals surface area contributed by atoms with E-state index in [0.717, 1.165) is 11.4 Å². The SMILES string of the molecule is CCc1nnc(NC(=O)Nc2ccc(C(=O)O)nc2)s1. The Bertz CT molecular complexity index is 625. The van der Waals surface area contributed by atoms with E-state index in [1.165, 1.54) is 29.7 Å². The predicted octanol–water partition coefficient (Wildman–Crippen LogP) is 1.84. The number of carboxylic acids is 1. The van der Waals surface area contributed by atoms with Crippen molar-refractivity contribution in [3.05, 3.63) is 29.0 Å². The van der Waals surface area contributed by atoms with E-state index < -0.39 is 12.0 Å². The molecule has 3 N–H and O–H groups in total. The summed E-state index contributed by atoms with van der Waals surface area (Å²) in [5, 5.41) is 22.7. The van der Waals surface area contributed by atoms with Crippen LogP contribution in [-0.2, 0) is 6.42 Å². The van der Waals surface area contributed by atoms with E-state index >= 15 is 0 Å². The molecule has 0 fully saturated rings. The van der Waals surface area contributed by atoms with E-state index in [4.69, 9.17) is 5.11 Å². The zero-order chi connectivity index (χ0) is 14.5. The van der Waals surface area contributed by atoms with Crippen LogP contribution < -0.4 is 10.6 Å². The average Bonchev–Trinajstić information content (AvgIpc) is 2.86. The van der Waals surface area contributed by atoms with Crippen LogP contribution in [0.3, 0.4) is 0 Å². The summed E-state index contributed by atoms with van der Waals surface area (Å²) in [5.74, 6) is -1.12. The predicted molar refractivity (Wildman–Crippen MR) is 73.1 cm³/mol. The molecule has 0 atom stereocenters. The second kappa shape index (κ2) is 6.06. The number of rotatable bonds is 4. The zero-order valence-electron chi connectivity index (χ0n) is 10.5. The lowest BCUT2D eigenvalue weighted by Crippen LogP contribution is -2.19. The third kappa shape index (κ3) is 3.48. The number of hydrogen-bond acceptors (Lipinski definition) is 6. The summed E-state index contributed by atoms with van der Waals surface area (Å²) in [7, 11) is 0. The zero-order valence-corrected chi connectivity index (χ0v) is 11.3. The van der Waals surface area contributed by atoms with Gasteiger partial charge in [0.2, 0.25) is 5.13 Å². The van der Waals surface area contributed by atoms with E-state index in [2.05, 4.69) is 25.8 Å². The molecule has 0 spiro atoms. The molecule has 0 bridgehead atoms. The molecule has 2 aromatic rings. The number of nitrogens with one attached hydrogen (secondary N) is 2. The Morgan fingerprint density at radius 2 is 2.10 bits per heavy atom. The summed E-state index contributed by atoms with van der Waals surface area (Å²) >= 11 is 1.29. The molecule has 0 aromatic carbocycles. The molecule has 20 heavy (non-hydrogen) atoms. The Kier molecular flexibility index (Phi) is 4.20. The van der Waals surface area contributed by atoms with Crippen LogP contribution in [0.1, 0.15) is 22.4 Å². The molecule has 0 saturated heterocycles. The van der Waals surface area contributed by atoms with Crippen molar-refractivity contribution in [2.75, 3.05) is 10.6 Å². The number of urea groups is 1. The maximum Gasteiger partial charge on any atom is 0.354 e. The van der Waals surface area contributed by atoms with Gasteiger partial charge >= 0.3 is 12.0 Å². The minimum atomic E-state index is -1.12. The van der Waals surface area contributed by atoms with Crippen LogP contribution in [0.4, 0.5) is 15.6 Å². The Balaban J connectivity index is 1.95. The number of aromatic nitrogens is 3. The highest BCUT2D eigenvalue weighted by molar-refractivity contribution is 7.15. The Hall–Kier alpha value is -2.55. The summed E-state index contributed by atoms with van der Waals surface area (Å²) in [5.41, 5.74) is 0.292. The standard InChI is InChI=1S/C11H11N5O3S/c1-2-8-15-16-11(20-8)14-10(19)13-6-3-4-7(9(17)18)12-5-6/h3-5H,2H2,1H3,(H,17,18)(H2,13,14,16,19). The molecule has 2 aromatic heterocycles. The van der Waals surface area contributed by atoms with Gasteiger partial charge in [-0.05, 0) is 18.6 Å². The van der Waals surface area contributed by atoms with Crippen molar-refractivity contribution >= 4 is 34.2 Å². The van der Waals surface area contributed by atoms with Gasteiger partial charge in [-0.2, -0.15) is 0 Å². The smallest absolute Gasteiger partial charge is 0.354 e. The van der Waals surface area contributed by atoms with Gasteiger partial charge in [-0.25, -0.2) is 14.6 Å². The van der Waals surface area contributed by atoms with Crippen molar-refractivity contribution in [1.82, 2.24) is 15.2 Å². The fourth-order valence-electron chi connectivity index (χ4n) is 1.30. The lowest BCUT2D eigenvalue weighted by molar-refractivity contribution is 0.0690. The number of amides is 2. The topological polar surface area (TPSA) is 117 Å². The van der Waals surface area contributed by atoms with Crippen LogP contribution in [0.2, 0.25) is 0 Å². The van der Waals surface area contributed by atoms with Gasteiger partial charge in [0.1, 0.15) is 10.7 Å². The van der Waals surface area contributed by atoms with Gasteiger partial charge in [-0.1, -0.05) is 18.3 Å². The highest BCUT2D eigenvalue weighted by Gasteiger charge is 2.08. The molecular weight excluding hydrogens is 282 g/mol. The summed E-state index contributed by atoms with van der Waals surface area (Å²) < 4.78 is 0. The highest BCUT2D eigenvalue weighted by atomic mass is 32.1. The van der Waals surface area contributed by atoms with Crippen LogP contribution in [0, 0.1) is 0 Å². The van der Waals surface area contributed by atoms with Gasteiger partial charge in [-0.3, -0.25) is 5.32 Å². The van der Waals surface area contributed by atoms with Crippen molar-refractivity contribution < 1.29 is 14.7 Å². The maximum atomic E-state index is 11.7. The van der Waals surface area contributed by atoms with Crippen molar-refractivity contribution in [2.45, 2.75) is 13.3 Å². The second-order valence-electron chi connectivity index (χ2n) is 3.67. The van der Waals surface area contributed by atoms with Crippen molar-refractivity contribution in [2.24, 2.45) is 0 Å². The van der Waals surface area contributed by atoms with Crippen LogP contribution in [-0.4, -0.2) is 32.3 Å². The molecule has 9 heteroatoms. The van der Waals surface area contributed by atoms with Crippen molar-refractivity contribution in [3.8, 4) is 0 Å².